The lowest BCUT2D eigenvalue weighted by atomic mass is 10.2. The van der Waals surface area contributed by atoms with Crippen LogP contribution in [0.1, 0.15) is 16.9 Å². The number of halogens is 1. The molecule has 1 aliphatic rings. The first-order valence-electron chi connectivity index (χ1n) is 4.31. The van der Waals surface area contributed by atoms with Crippen LogP contribution in [0.15, 0.2) is 11.9 Å². The first kappa shape index (κ1) is 8.70. The Morgan fingerprint density at radius 2 is 2.08 bits per heavy atom. The molecule has 0 saturated carbocycles. The topological polar surface area (TPSA) is 0 Å². The quantitative estimate of drug-likeness (QED) is 0.594. The van der Waals surface area contributed by atoms with E-state index >= 15 is 0 Å². The summed E-state index contributed by atoms with van der Waals surface area (Å²) in [5.74, 6) is -0.0551. The Balaban J connectivity index is 2.78. The average molecular weight is 194 g/mol. The highest BCUT2D eigenvalue weighted by atomic mass is 32.1. The molecule has 0 unspecified atom stereocenters. The monoisotopic (exact) mass is 194 g/mol. The zero-order chi connectivity index (χ0) is 9.42. The van der Waals surface area contributed by atoms with Gasteiger partial charge in [-0.15, -0.1) is 11.3 Å². The van der Waals surface area contributed by atoms with Gasteiger partial charge in [0.05, 0.1) is 0 Å². The van der Waals surface area contributed by atoms with Crippen LogP contribution in [0.4, 0.5) is 4.39 Å². The fraction of sp³-hybridized carbons (Fsp3) is 0.273. The van der Waals surface area contributed by atoms with Crippen molar-refractivity contribution in [2.24, 2.45) is 0 Å². The maximum atomic E-state index is 12.9. The highest BCUT2D eigenvalue weighted by molar-refractivity contribution is 7.10. The van der Waals surface area contributed by atoms with Crippen molar-refractivity contribution >= 4 is 23.5 Å². The van der Waals surface area contributed by atoms with E-state index in [-0.39, 0.29) is 5.83 Å². The van der Waals surface area contributed by atoms with Gasteiger partial charge in [-0.3, -0.25) is 0 Å². The van der Waals surface area contributed by atoms with Crippen molar-refractivity contribution in [3.63, 3.8) is 0 Å². The highest BCUT2D eigenvalue weighted by Crippen LogP contribution is 2.09. The lowest BCUT2D eigenvalue weighted by molar-refractivity contribution is 0.625. The summed E-state index contributed by atoms with van der Waals surface area (Å²) in [6.07, 6.45) is 5.85. The molecule has 1 aromatic rings. The molecule has 0 bridgehead atoms. The van der Waals surface area contributed by atoms with E-state index in [4.69, 9.17) is 0 Å². The molecule has 2 rings (SSSR count). The predicted molar refractivity (Wildman–Crippen MR) is 55.8 cm³/mol. The lowest BCUT2D eigenvalue weighted by Gasteiger charge is -1.87. The molecule has 68 valence electrons. The molecule has 1 heterocycles. The SMILES string of the molecule is Cc1sc2c(c1C)=CCC(F)=CC=2. The maximum absolute atomic E-state index is 12.9. The molecule has 2 heteroatoms. The van der Waals surface area contributed by atoms with E-state index in [1.54, 1.807) is 17.4 Å². The van der Waals surface area contributed by atoms with Gasteiger partial charge in [0.1, 0.15) is 5.83 Å². The smallest absolute Gasteiger partial charge is 0.104 e. The van der Waals surface area contributed by atoms with Crippen molar-refractivity contribution in [1.29, 1.82) is 0 Å². The van der Waals surface area contributed by atoms with E-state index < -0.39 is 0 Å². The van der Waals surface area contributed by atoms with E-state index in [0.717, 1.165) is 0 Å². The molecule has 0 fully saturated rings. The minimum absolute atomic E-state index is 0.0551. The molecule has 1 aliphatic carbocycles. The van der Waals surface area contributed by atoms with Crippen LogP contribution in [0.5, 0.6) is 0 Å². The Bertz CT molecular complexity index is 477. The molecule has 0 radical (unpaired) electrons. The molecule has 13 heavy (non-hydrogen) atoms. The van der Waals surface area contributed by atoms with E-state index in [9.17, 15) is 4.39 Å². The largest absolute Gasteiger partial charge is 0.211 e. The molecule has 0 aromatic carbocycles. The molecule has 0 amide bonds. The Morgan fingerprint density at radius 3 is 2.85 bits per heavy atom. The van der Waals surface area contributed by atoms with Gasteiger partial charge in [0.2, 0.25) is 0 Å². The second-order valence-electron chi connectivity index (χ2n) is 3.25. The van der Waals surface area contributed by atoms with Crippen molar-refractivity contribution < 1.29 is 4.39 Å². The molecular formula is C11H11FS. The standard InChI is InChI=1S/C11H11FS/c1-7-8(2)13-11-6-4-9(12)3-5-10(7)11/h4-6H,3H2,1-2H3. The molecule has 0 nitrogen and oxygen atoms in total. The van der Waals surface area contributed by atoms with Gasteiger partial charge in [0, 0.05) is 15.8 Å². The van der Waals surface area contributed by atoms with Crippen LogP contribution < -0.4 is 9.75 Å². The Labute approximate surface area is 80.7 Å². The molecule has 0 spiro atoms. The molecule has 1 aromatic heterocycles. The second-order valence-corrected chi connectivity index (χ2v) is 4.51. The minimum Gasteiger partial charge on any atom is -0.211 e. The number of aryl methyl sites for hydroxylation is 1. The third-order valence-electron chi connectivity index (χ3n) is 2.38. The van der Waals surface area contributed by atoms with Crippen molar-refractivity contribution in [2.75, 3.05) is 0 Å². The number of fused-ring (bicyclic) bond motifs is 1. The fourth-order valence-corrected chi connectivity index (χ4v) is 2.56. The summed E-state index contributed by atoms with van der Waals surface area (Å²) in [6, 6.07) is 0. The summed E-state index contributed by atoms with van der Waals surface area (Å²) in [5.41, 5.74) is 1.29. The van der Waals surface area contributed by atoms with Crippen molar-refractivity contribution in [2.45, 2.75) is 20.3 Å². The van der Waals surface area contributed by atoms with Crippen molar-refractivity contribution in [3.8, 4) is 0 Å². The van der Waals surface area contributed by atoms with Crippen molar-refractivity contribution in [1.82, 2.24) is 0 Å². The summed E-state index contributed by atoms with van der Waals surface area (Å²) in [6.45, 7) is 4.20. The van der Waals surface area contributed by atoms with Gasteiger partial charge in [-0.1, -0.05) is 6.08 Å². The highest BCUT2D eigenvalue weighted by Gasteiger charge is 2.02. The van der Waals surface area contributed by atoms with Gasteiger partial charge in [-0.05, 0) is 36.8 Å². The number of hydrogen-bond donors (Lipinski definition) is 0. The van der Waals surface area contributed by atoms with Crippen LogP contribution in [0, 0.1) is 13.8 Å². The Kier molecular flexibility index (Phi) is 2.08. The maximum Gasteiger partial charge on any atom is 0.104 e. The van der Waals surface area contributed by atoms with E-state index in [0.29, 0.717) is 6.42 Å². The normalized spacial score (nSPS) is 15.2. The zero-order valence-electron chi connectivity index (χ0n) is 7.73. The Morgan fingerprint density at radius 1 is 1.31 bits per heavy atom. The number of rotatable bonds is 0. The lowest BCUT2D eigenvalue weighted by Crippen LogP contribution is -2.19. The summed E-state index contributed by atoms with van der Waals surface area (Å²) in [4.78, 5) is 1.33. The third-order valence-corrected chi connectivity index (χ3v) is 3.57. The van der Waals surface area contributed by atoms with Gasteiger partial charge in [-0.2, -0.15) is 0 Å². The second kappa shape index (κ2) is 3.11. The van der Waals surface area contributed by atoms with E-state index in [1.165, 1.54) is 20.2 Å². The fourth-order valence-electron chi connectivity index (χ4n) is 1.48. The molecule has 0 atom stereocenters. The summed E-state index contributed by atoms with van der Waals surface area (Å²) in [5, 5.41) is 1.21. The molecule has 0 N–H and O–H groups in total. The van der Waals surface area contributed by atoms with E-state index in [1.807, 2.05) is 12.2 Å². The van der Waals surface area contributed by atoms with Crippen LogP contribution >= 0.6 is 11.3 Å². The van der Waals surface area contributed by atoms with Crippen LogP contribution in [0.25, 0.3) is 12.2 Å². The van der Waals surface area contributed by atoms with Crippen LogP contribution in [0.3, 0.4) is 0 Å². The van der Waals surface area contributed by atoms with Gasteiger partial charge < -0.3 is 0 Å². The van der Waals surface area contributed by atoms with Crippen molar-refractivity contribution in [3.05, 3.63) is 32.1 Å². The van der Waals surface area contributed by atoms with Crippen LogP contribution in [-0.4, -0.2) is 0 Å². The predicted octanol–water partition coefficient (Wildman–Crippen LogP) is 2.18. The Hall–Kier alpha value is -0.890. The first-order chi connectivity index (χ1) is 6.18. The van der Waals surface area contributed by atoms with Crippen LogP contribution in [-0.2, 0) is 0 Å². The van der Waals surface area contributed by atoms with Gasteiger partial charge >= 0.3 is 0 Å². The minimum atomic E-state index is -0.0551. The van der Waals surface area contributed by atoms with E-state index in [2.05, 4.69) is 13.8 Å². The van der Waals surface area contributed by atoms with Gasteiger partial charge in [-0.25, -0.2) is 4.39 Å². The summed E-state index contributed by atoms with van der Waals surface area (Å²) in [7, 11) is 0. The molecule has 0 saturated heterocycles. The number of allylic oxidation sites excluding steroid dienone is 2. The van der Waals surface area contributed by atoms with Crippen LogP contribution in [0.2, 0.25) is 0 Å². The first-order valence-corrected chi connectivity index (χ1v) is 5.12. The van der Waals surface area contributed by atoms with Gasteiger partial charge in [0.15, 0.2) is 0 Å². The molecular weight excluding hydrogens is 183 g/mol. The number of thiophene rings is 1. The summed E-state index contributed by atoms with van der Waals surface area (Å²) >= 11 is 1.73. The van der Waals surface area contributed by atoms with Gasteiger partial charge in [0.25, 0.3) is 0 Å². The zero-order valence-corrected chi connectivity index (χ0v) is 8.54. The average Bonchev–Trinajstić information content (AvgIpc) is 2.28. The molecule has 0 aliphatic heterocycles. The summed E-state index contributed by atoms with van der Waals surface area (Å²) < 4.78 is 14.1. The third kappa shape index (κ3) is 1.46. The number of hydrogen-bond acceptors (Lipinski definition) is 1.